The van der Waals surface area contributed by atoms with Crippen molar-refractivity contribution in [3.8, 4) is 5.88 Å². The van der Waals surface area contributed by atoms with E-state index in [1.165, 1.54) is 0 Å². The smallest absolute Gasteiger partial charge is 0.338 e. The maximum atomic E-state index is 12.2. The maximum absolute atomic E-state index is 12.2. The van der Waals surface area contributed by atoms with Gasteiger partial charge in [-0.05, 0) is 50.1 Å². The summed E-state index contributed by atoms with van der Waals surface area (Å²) in [6.45, 7) is 3.99. The minimum atomic E-state index is -0.413. The first kappa shape index (κ1) is 24.2. The zero-order valence-corrected chi connectivity index (χ0v) is 19.9. The number of rotatable bonds is 8. The fraction of sp³-hybridized carbons (Fsp3) is 0.214. The number of nitrogens with one attached hydrogen (secondary N) is 1. The van der Waals surface area contributed by atoms with Crippen molar-refractivity contribution in [3.05, 3.63) is 95.1 Å². The van der Waals surface area contributed by atoms with E-state index in [4.69, 9.17) is 21.2 Å². The minimum absolute atomic E-state index is 0.0153. The van der Waals surface area contributed by atoms with Crippen molar-refractivity contribution < 1.29 is 14.6 Å². The van der Waals surface area contributed by atoms with Crippen LogP contribution in [0.2, 0.25) is 0 Å². The second kappa shape index (κ2) is 10.5. The van der Waals surface area contributed by atoms with E-state index in [9.17, 15) is 9.90 Å². The summed E-state index contributed by atoms with van der Waals surface area (Å²) in [6.07, 6.45) is 0.689. The quantitative estimate of drug-likeness (QED) is 0.214. The summed E-state index contributed by atoms with van der Waals surface area (Å²) in [5.74, 6) is -0.441. The Morgan fingerprint density at radius 3 is 2.40 bits per heavy atom. The van der Waals surface area contributed by atoms with Crippen molar-refractivity contribution in [2.24, 2.45) is 16.5 Å². The molecule has 3 aromatic carbocycles. The molecule has 0 saturated heterocycles. The van der Waals surface area contributed by atoms with Gasteiger partial charge >= 0.3 is 5.97 Å². The number of aromatic amines is 1. The number of ether oxygens (including phenoxy) is 1. The molecular weight excluding hydrogens is 440 g/mol. The first-order chi connectivity index (χ1) is 16.9. The second-order valence-corrected chi connectivity index (χ2v) is 8.57. The van der Waals surface area contributed by atoms with Gasteiger partial charge in [0.25, 0.3) is 0 Å². The second-order valence-electron chi connectivity index (χ2n) is 8.57. The average molecular weight is 471 g/mol. The zero-order valence-electron chi connectivity index (χ0n) is 19.9. The van der Waals surface area contributed by atoms with Crippen molar-refractivity contribution >= 4 is 28.3 Å². The van der Waals surface area contributed by atoms with Crippen molar-refractivity contribution in [2.45, 2.75) is 32.4 Å². The Balaban J connectivity index is 1.79. The number of aliphatic imine (C=N–C) groups is 1. The summed E-state index contributed by atoms with van der Waals surface area (Å²) in [4.78, 5) is 20.1. The van der Waals surface area contributed by atoms with Crippen LogP contribution in [0.15, 0.2) is 77.8 Å². The van der Waals surface area contributed by atoms with Gasteiger partial charge in [0.05, 0.1) is 29.1 Å². The third-order valence-corrected chi connectivity index (χ3v) is 5.76. The Kier molecular flexibility index (Phi) is 7.29. The van der Waals surface area contributed by atoms with E-state index in [1.54, 1.807) is 25.1 Å². The summed E-state index contributed by atoms with van der Waals surface area (Å²) in [6, 6.07) is 22.4. The van der Waals surface area contributed by atoms with Gasteiger partial charge in [-0.1, -0.05) is 48.5 Å². The van der Waals surface area contributed by atoms with Crippen molar-refractivity contribution in [1.29, 1.82) is 0 Å². The largest absolute Gasteiger partial charge is 0.494 e. The molecule has 0 aliphatic heterocycles. The standard InChI is InChI=1S/C28H30N4O3/c1-3-35-28(34)20-11-14-22-24(16-20)32-27(33)25(22)26(19-7-5-4-6-8-19)31-21-12-9-18(10-13-21)23(30)15-17(2)29/h4-14,16-17,23,32-33H,3,15,29-30H2,1-2H3. The van der Waals surface area contributed by atoms with Crippen LogP contribution >= 0.6 is 0 Å². The SMILES string of the molecule is CCOC(=O)c1ccc2c(C(=Nc3ccc(C(N)CC(C)N)cc3)c3ccccc3)c(O)[nH]c2c1. The number of aromatic nitrogens is 1. The van der Waals surface area contributed by atoms with Gasteiger partial charge in [-0.25, -0.2) is 9.79 Å². The number of nitrogens with two attached hydrogens (primary N) is 2. The van der Waals surface area contributed by atoms with Crippen LogP contribution in [-0.2, 0) is 4.74 Å². The molecule has 0 fully saturated rings. The van der Waals surface area contributed by atoms with Crippen LogP contribution in [0, 0.1) is 0 Å². The van der Waals surface area contributed by atoms with Crippen LogP contribution in [0.3, 0.4) is 0 Å². The van der Waals surface area contributed by atoms with Gasteiger partial charge in [-0.15, -0.1) is 0 Å². The summed E-state index contributed by atoms with van der Waals surface area (Å²) in [5.41, 5.74) is 16.9. The number of carbonyl (C=O) groups excluding carboxylic acids is 1. The predicted octanol–water partition coefficient (Wildman–Crippen LogP) is 4.96. The summed E-state index contributed by atoms with van der Waals surface area (Å²) in [5, 5.41) is 11.6. The van der Waals surface area contributed by atoms with Crippen LogP contribution in [0.25, 0.3) is 10.9 Å². The van der Waals surface area contributed by atoms with Crippen LogP contribution in [0.5, 0.6) is 5.88 Å². The highest BCUT2D eigenvalue weighted by Gasteiger charge is 2.20. The first-order valence-electron chi connectivity index (χ1n) is 11.6. The molecule has 0 amide bonds. The summed E-state index contributed by atoms with van der Waals surface area (Å²) < 4.78 is 5.10. The Hall–Kier alpha value is -3.94. The molecule has 4 aromatic rings. The molecule has 7 heteroatoms. The molecule has 0 radical (unpaired) electrons. The van der Waals surface area contributed by atoms with Gasteiger partial charge in [-0.3, -0.25) is 0 Å². The van der Waals surface area contributed by atoms with Crippen LogP contribution < -0.4 is 11.5 Å². The Bertz CT molecular complexity index is 1340. The fourth-order valence-corrected chi connectivity index (χ4v) is 4.09. The van der Waals surface area contributed by atoms with E-state index in [0.717, 1.165) is 22.2 Å². The number of hydrogen-bond acceptors (Lipinski definition) is 6. The lowest BCUT2D eigenvalue weighted by atomic mass is 9.99. The van der Waals surface area contributed by atoms with E-state index >= 15 is 0 Å². The van der Waals surface area contributed by atoms with Gasteiger partial charge in [0.1, 0.15) is 0 Å². The topological polar surface area (TPSA) is 127 Å². The number of fused-ring (bicyclic) bond motifs is 1. The van der Waals surface area contributed by atoms with Gasteiger partial charge < -0.3 is 26.3 Å². The van der Waals surface area contributed by atoms with Crippen LogP contribution in [0.1, 0.15) is 53.4 Å². The highest BCUT2D eigenvalue weighted by atomic mass is 16.5. The fourth-order valence-electron chi connectivity index (χ4n) is 4.09. The molecular formula is C28H30N4O3. The molecule has 180 valence electrons. The average Bonchev–Trinajstić information content (AvgIpc) is 3.17. The zero-order chi connectivity index (χ0) is 24.9. The lowest BCUT2D eigenvalue weighted by molar-refractivity contribution is 0.0526. The summed E-state index contributed by atoms with van der Waals surface area (Å²) in [7, 11) is 0. The van der Waals surface area contributed by atoms with E-state index < -0.39 is 5.97 Å². The first-order valence-corrected chi connectivity index (χ1v) is 11.6. The molecule has 2 atom stereocenters. The van der Waals surface area contributed by atoms with Crippen molar-refractivity contribution in [3.63, 3.8) is 0 Å². The third kappa shape index (κ3) is 5.42. The number of carbonyl (C=O) groups is 1. The molecule has 0 aliphatic rings. The molecule has 1 aromatic heterocycles. The lowest BCUT2D eigenvalue weighted by Gasteiger charge is -2.14. The van der Waals surface area contributed by atoms with Gasteiger partial charge in [0, 0.05) is 28.6 Å². The van der Waals surface area contributed by atoms with E-state index in [0.29, 0.717) is 28.8 Å². The van der Waals surface area contributed by atoms with Gasteiger partial charge in [0.2, 0.25) is 0 Å². The Morgan fingerprint density at radius 2 is 1.74 bits per heavy atom. The van der Waals surface area contributed by atoms with Crippen LogP contribution in [-0.4, -0.2) is 34.4 Å². The maximum Gasteiger partial charge on any atom is 0.338 e. The highest BCUT2D eigenvalue weighted by Crippen LogP contribution is 2.32. The Labute approximate surface area is 204 Å². The van der Waals surface area contributed by atoms with Crippen molar-refractivity contribution in [1.82, 2.24) is 4.98 Å². The highest BCUT2D eigenvalue weighted by molar-refractivity contribution is 6.22. The number of hydrogen-bond donors (Lipinski definition) is 4. The molecule has 35 heavy (non-hydrogen) atoms. The van der Waals surface area contributed by atoms with E-state index in [-0.39, 0.29) is 24.6 Å². The van der Waals surface area contributed by atoms with Crippen LogP contribution in [0.4, 0.5) is 5.69 Å². The van der Waals surface area contributed by atoms with Gasteiger partial charge in [-0.2, -0.15) is 0 Å². The number of aromatic hydroxyl groups is 1. The van der Waals surface area contributed by atoms with E-state index in [2.05, 4.69) is 4.98 Å². The normalized spacial score (nSPS) is 13.5. The molecule has 4 rings (SSSR count). The lowest BCUT2D eigenvalue weighted by Crippen LogP contribution is -2.23. The molecule has 0 spiro atoms. The third-order valence-electron chi connectivity index (χ3n) is 5.76. The molecule has 2 unspecified atom stereocenters. The van der Waals surface area contributed by atoms with Gasteiger partial charge in [0.15, 0.2) is 5.88 Å². The Morgan fingerprint density at radius 1 is 1.03 bits per heavy atom. The molecule has 0 bridgehead atoms. The number of esters is 1. The van der Waals surface area contributed by atoms with Crippen molar-refractivity contribution in [2.75, 3.05) is 6.61 Å². The number of nitrogens with zero attached hydrogens (tertiary/aromatic N) is 1. The minimum Gasteiger partial charge on any atom is -0.494 e. The molecule has 0 aliphatic carbocycles. The summed E-state index contributed by atoms with van der Waals surface area (Å²) >= 11 is 0. The number of benzene rings is 3. The predicted molar refractivity (Wildman–Crippen MR) is 139 cm³/mol. The monoisotopic (exact) mass is 470 g/mol. The molecule has 0 saturated carbocycles. The number of H-pyrrole nitrogens is 1. The van der Waals surface area contributed by atoms with E-state index in [1.807, 2.05) is 61.5 Å². The molecule has 7 nitrogen and oxygen atoms in total. The molecule has 1 heterocycles. The molecule has 6 N–H and O–H groups in total.